The summed E-state index contributed by atoms with van der Waals surface area (Å²) in [5.74, 6) is -2.10. The Hall–Kier alpha value is -0.750. The largest absolute Gasteiger partial charge is 0.481 e. The van der Waals surface area contributed by atoms with Crippen LogP contribution < -0.4 is 4.72 Å². The van der Waals surface area contributed by atoms with Crippen LogP contribution in [0, 0.1) is 5.92 Å². The lowest BCUT2D eigenvalue weighted by Gasteiger charge is -2.29. The average molecular weight is 343 g/mol. The van der Waals surface area contributed by atoms with Crippen LogP contribution in [0.5, 0.6) is 0 Å². The maximum atomic E-state index is 12.0. The molecule has 1 unspecified atom stereocenters. The number of aliphatic carboxylic acids is 1. The minimum atomic E-state index is -3.86. The molecule has 0 bridgehead atoms. The van der Waals surface area contributed by atoms with Crippen LogP contribution in [0.1, 0.15) is 12.8 Å². The number of nitrogens with zero attached hydrogens (tertiary/aromatic N) is 2. The molecule has 2 N–H and O–H groups in total. The Balaban J connectivity index is 2.59. The van der Waals surface area contributed by atoms with E-state index in [0.29, 0.717) is 12.8 Å². The van der Waals surface area contributed by atoms with Gasteiger partial charge in [0.2, 0.25) is 10.0 Å². The van der Waals surface area contributed by atoms with Crippen LogP contribution in [0.4, 0.5) is 0 Å². The number of sulfonamides is 1. The van der Waals surface area contributed by atoms with E-state index in [0.717, 1.165) is 8.61 Å². The number of nitrogens with one attached hydrogen (secondary N) is 1. The highest BCUT2D eigenvalue weighted by atomic mass is 32.2. The summed E-state index contributed by atoms with van der Waals surface area (Å²) in [5.41, 5.74) is 0. The lowest BCUT2D eigenvalue weighted by atomic mass is 10.0. The Morgan fingerprint density at radius 1 is 1.33 bits per heavy atom. The van der Waals surface area contributed by atoms with E-state index in [1.54, 1.807) is 0 Å². The van der Waals surface area contributed by atoms with E-state index in [4.69, 9.17) is 5.11 Å². The molecule has 1 aliphatic heterocycles. The molecule has 0 radical (unpaired) electrons. The van der Waals surface area contributed by atoms with Crippen LogP contribution in [-0.4, -0.2) is 76.0 Å². The SMILES string of the molecule is CN(C)S(=O)(=O)CCNS(=O)(=O)N1CCCC(C(=O)O)C1. The van der Waals surface area contributed by atoms with Crippen LogP contribution >= 0.6 is 0 Å². The average Bonchev–Trinajstić information content (AvgIpc) is 2.38. The van der Waals surface area contributed by atoms with Crippen LogP contribution in [0.3, 0.4) is 0 Å². The zero-order valence-electron chi connectivity index (χ0n) is 12.0. The van der Waals surface area contributed by atoms with Crippen molar-refractivity contribution in [3.8, 4) is 0 Å². The van der Waals surface area contributed by atoms with Gasteiger partial charge in [-0.15, -0.1) is 0 Å². The predicted octanol–water partition coefficient (Wildman–Crippen LogP) is -1.49. The van der Waals surface area contributed by atoms with Crippen molar-refractivity contribution >= 4 is 26.2 Å². The molecule has 1 heterocycles. The highest BCUT2D eigenvalue weighted by Gasteiger charge is 2.32. The number of carboxylic acid groups (broad SMARTS) is 1. The van der Waals surface area contributed by atoms with Gasteiger partial charge in [0.25, 0.3) is 10.2 Å². The summed E-state index contributed by atoms with van der Waals surface area (Å²) in [6, 6.07) is 0. The lowest BCUT2D eigenvalue weighted by Crippen LogP contribution is -2.48. The van der Waals surface area contributed by atoms with Crippen molar-refractivity contribution in [1.82, 2.24) is 13.3 Å². The highest BCUT2D eigenvalue weighted by Crippen LogP contribution is 2.18. The molecular formula is C10H21N3O6S2. The molecular weight excluding hydrogens is 322 g/mol. The number of carboxylic acids is 1. The Kier molecular flexibility index (Phi) is 6.11. The number of hydrogen-bond acceptors (Lipinski definition) is 5. The maximum Gasteiger partial charge on any atom is 0.307 e. The minimum absolute atomic E-state index is 0.0922. The third-order valence-electron chi connectivity index (χ3n) is 3.27. The van der Waals surface area contributed by atoms with Crippen LogP contribution in [-0.2, 0) is 25.0 Å². The molecule has 1 saturated heterocycles. The first kappa shape index (κ1) is 18.3. The molecule has 21 heavy (non-hydrogen) atoms. The molecule has 124 valence electrons. The molecule has 0 aromatic heterocycles. The van der Waals surface area contributed by atoms with Crippen LogP contribution in [0.2, 0.25) is 0 Å². The molecule has 11 heteroatoms. The highest BCUT2D eigenvalue weighted by molar-refractivity contribution is 7.89. The fraction of sp³-hybridized carbons (Fsp3) is 0.900. The van der Waals surface area contributed by atoms with Gasteiger partial charge in [0, 0.05) is 33.7 Å². The third-order valence-corrected chi connectivity index (χ3v) is 6.69. The summed E-state index contributed by atoms with van der Waals surface area (Å²) in [5, 5.41) is 8.94. The molecule has 0 amide bonds. The zero-order chi connectivity index (χ0) is 16.3. The van der Waals surface area contributed by atoms with Crippen molar-refractivity contribution in [2.24, 2.45) is 5.92 Å². The molecule has 0 aromatic carbocycles. The fourth-order valence-corrected chi connectivity index (χ4v) is 4.08. The van der Waals surface area contributed by atoms with Crippen LogP contribution in [0.25, 0.3) is 0 Å². The van der Waals surface area contributed by atoms with E-state index >= 15 is 0 Å². The second-order valence-electron chi connectivity index (χ2n) is 5.03. The summed E-state index contributed by atoms with van der Waals surface area (Å²) in [6.45, 7) is -0.109. The van der Waals surface area contributed by atoms with E-state index < -0.39 is 32.1 Å². The van der Waals surface area contributed by atoms with Crippen molar-refractivity contribution < 1.29 is 26.7 Å². The van der Waals surface area contributed by atoms with E-state index in [1.165, 1.54) is 14.1 Å². The van der Waals surface area contributed by atoms with Gasteiger partial charge in [-0.2, -0.15) is 12.7 Å². The maximum absolute atomic E-state index is 12.0. The quantitative estimate of drug-likeness (QED) is 0.580. The summed E-state index contributed by atoms with van der Waals surface area (Å²) in [6.07, 6.45) is 0.907. The molecule has 0 aliphatic carbocycles. The Labute approximate surface area is 125 Å². The Morgan fingerprint density at radius 3 is 2.48 bits per heavy atom. The van der Waals surface area contributed by atoms with Gasteiger partial charge in [0.15, 0.2) is 0 Å². The van der Waals surface area contributed by atoms with E-state index in [2.05, 4.69) is 4.72 Å². The van der Waals surface area contributed by atoms with Crippen molar-refractivity contribution in [3.63, 3.8) is 0 Å². The van der Waals surface area contributed by atoms with Crippen molar-refractivity contribution in [2.75, 3.05) is 39.5 Å². The second-order valence-corrected chi connectivity index (χ2v) is 9.09. The van der Waals surface area contributed by atoms with Gasteiger partial charge in [0.1, 0.15) is 0 Å². The Morgan fingerprint density at radius 2 is 1.95 bits per heavy atom. The standard InChI is InChI=1S/C10H21N3O6S2/c1-12(2)20(16,17)7-5-11-21(18,19)13-6-3-4-9(8-13)10(14)15/h9,11H,3-8H2,1-2H3,(H,14,15). The molecule has 0 spiro atoms. The van der Waals surface area contributed by atoms with Gasteiger partial charge >= 0.3 is 5.97 Å². The van der Waals surface area contributed by atoms with Crippen LogP contribution in [0.15, 0.2) is 0 Å². The van der Waals surface area contributed by atoms with E-state index in [1.807, 2.05) is 0 Å². The smallest absolute Gasteiger partial charge is 0.307 e. The first-order chi connectivity index (χ1) is 9.56. The van der Waals surface area contributed by atoms with Gasteiger partial charge in [-0.1, -0.05) is 0 Å². The molecule has 1 rings (SSSR count). The number of piperidine rings is 1. The van der Waals surface area contributed by atoms with E-state index in [-0.39, 0.29) is 25.4 Å². The number of rotatable bonds is 7. The minimum Gasteiger partial charge on any atom is -0.481 e. The molecule has 1 atom stereocenters. The predicted molar refractivity (Wildman–Crippen MR) is 76.3 cm³/mol. The molecule has 9 nitrogen and oxygen atoms in total. The normalized spacial score (nSPS) is 21.6. The van der Waals surface area contributed by atoms with Gasteiger partial charge < -0.3 is 5.11 Å². The summed E-state index contributed by atoms with van der Waals surface area (Å²) < 4.78 is 51.4. The molecule has 0 saturated carbocycles. The Bertz CT molecular complexity index is 572. The number of carbonyl (C=O) groups is 1. The van der Waals surface area contributed by atoms with Gasteiger partial charge in [0.05, 0.1) is 11.7 Å². The first-order valence-corrected chi connectivity index (χ1v) is 9.49. The molecule has 1 fully saturated rings. The van der Waals surface area contributed by atoms with E-state index in [9.17, 15) is 21.6 Å². The molecule has 1 aliphatic rings. The molecule has 0 aromatic rings. The van der Waals surface area contributed by atoms with Crippen molar-refractivity contribution in [2.45, 2.75) is 12.8 Å². The zero-order valence-corrected chi connectivity index (χ0v) is 13.7. The summed E-state index contributed by atoms with van der Waals surface area (Å²) in [4.78, 5) is 10.9. The van der Waals surface area contributed by atoms with Gasteiger partial charge in [-0.25, -0.2) is 17.4 Å². The summed E-state index contributed by atoms with van der Waals surface area (Å²) >= 11 is 0. The van der Waals surface area contributed by atoms with Gasteiger partial charge in [-0.3, -0.25) is 4.79 Å². The fourth-order valence-electron chi connectivity index (χ4n) is 1.94. The second kappa shape index (κ2) is 7.01. The first-order valence-electron chi connectivity index (χ1n) is 6.44. The summed E-state index contributed by atoms with van der Waals surface area (Å²) in [7, 11) is -4.61. The van der Waals surface area contributed by atoms with Crippen molar-refractivity contribution in [3.05, 3.63) is 0 Å². The number of hydrogen-bond donors (Lipinski definition) is 2. The van der Waals surface area contributed by atoms with Gasteiger partial charge in [-0.05, 0) is 12.8 Å². The topological polar surface area (TPSA) is 124 Å². The van der Waals surface area contributed by atoms with Crippen molar-refractivity contribution in [1.29, 1.82) is 0 Å². The lowest BCUT2D eigenvalue weighted by molar-refractivity contribution is -0.142. The third kappa shape index (κ3) is 5.18. The monoisotopic (exact) mass is 343 g/mol.